The monoisotopic (exact) mass is 233 g/mol. The minimum Gasteiger partial charge on any atom is -0.274 e. The Balaban J connectivity index is 2.62. The van der Waals surface area contributed by atoms with Crippen molar-refractivity contribution in [3.63, 3.8) is 0 Å². The van der Waals surface area contributed by atoms with Gasteiger partial charge in [0.1, 0.15) is 0 Å². The molecule has 1 saturated carbocycles. The molecule has 0 aromatic heterocycles. The van der Waals surface area contributed by atoms with Gasteiger partial charge in [0.15, 0.2) is 0 Å². The first kappa shape index (κ1) is 12.5. The Bertz CT molecular complexity index is 303. The quantitative estimate of drug-likeness (QED) is 0.787. The smallest absolute Gasteiger partial charge is 0.237 e. The van der Waals surface area contributed by atoms with Crippen molar-refractivity contribution in [2.45, 2.75) is 57.1 Å². The standard InChI is InChI=1S/C10H19NO3S/c1-9(12)11-15(13,14)10-7-5-3-2-4-6-8-10/h10H,2-8H2,1H3,(H,11,12). The third-order valence-corrected chi connectivity index (χ3v) is 4.70. The predicted molar refractivity (Wildman–Crippen MR) is 58.8 cm³/mol. The van der Waals surface area contributed by atoms with Gasteiger partial charge in [0, 0.05) is 6.92 Å². The zero-order chi connectivity index (χ0) is 11.3. The van der Waals surface area contributed by atoms with Crippen LogP contribution in [0.5, 0.6) is 0 Å². The molecule has 0 aliphatic heterocycles. The van der Waals surface area contributed by atoms with Crippen molar-refractivity contribution in [2.24, 2.45) is 0 Å². The van der Waals surface area contributed by atoms with Gasteiger partial charge in [-0.25, -0.2) is 8.42 Å². The number of carbonyl (C=O) groups is 1. The molecule has 1 fully saturated rings. The van der Waals surface area contributed by atoms with E-state index in [1.165, 1.54) is 13.3 Å². The molecule has 0 saturated heterocycles. The van der Waals surface area contributed by atoms with E-state index in [9.17, 15) is 13.2 Å². The maximum atomic E-state index is 11.7. The molecule has 4 nitrogen and oxygen atoms in total. The largest absolute Gasteiger partial charge is 0.274 e. The Morgan fingerprint density at radius 3 is 2.00 bits per heavy atom. The fourth-order valence-electron chi connectivity index (χ4n) is 2.01. The summed E-state index contributed by atoms with van der Waals surface area (Å²) in [6.45, 7) is 1.24. The van der Waals surface area contributed by atoms with E-state index in [4.69, 9.17) is 0 Å². The molecule has 1 amide bonds. The van der Waals surface area contributed by atoms with Crippen LogP contribution in [0.3, 0.4) is 0 Å². The van der Waals surface area contributed by atoms with Crippen molar-refractivity contribution in [3.05, 3.63) is 0 Å². The van der Waals surface area contributed by atoms with Crippen LogP contribution < -0.4 is 4.72 Å². The lowest BCUT2D eigenvalue weighted by atomic mass is 10.0. The molecule has 0 bridgehead atoms. The minimum atomic E-state index is -3.42. The highest BCUT2D eigenvalue weighted by molar-refractivity contribution is 7.90. The topological polar surface area (TPSA) is 63.2 Å². The SMILES string of the molecule is CC(=O)NS(=O)(=O)C1CCCCCCC1. The summed E-state index contributed by atoms with van der Waals surface area (Å²) >= 11 is 0. The first-order valence-corrected chi connectivity index (χ1v) is 7.09. The average molecular weight is 233 g/mol. The summed E-state index contributed by atoms with van der Waals surface area (Å²) in [6, 6.07) is 0. The predicted octanol–water partition coefficient (Wildman–Crippen LogP) is 1.57. The highest BCUT2D eigenvalue weighted by Crippen LogP contribution is 2.21. The summed E-state index contributed by atoms with van der Waals surface area (Å²) in [6.07, 6.45) is 6.67. The fourth-order valence-corrected chi connectivity index (χ4v) is 3.53. The number of carbonyl (C=O) groups excluding carboxylic acids is 1. The maximum Gasteiger partial charge on any atom is 0.237 e. The molecule has 5 heteroatoms. The van der Waals surface area contributed by atoms with Crippen LogP contribution in [-0.4, -0.2) is 19.6 Å². The molecule has 0 spiro atoms. The van der Waals surface area contributed by atoms with Crippen molar-refractivity contribution < 1.29 is 13.2 Å². The van der Waals surface area contributed by atoms with Crippen LogP contribution in [-0.2, 0) is 14.8 Å². The molecule has 0 aromatic rings. The van der Waals surface area contributed by atoms with Gasteiger partial charge < -0.3 is 0 Å². The number of rotatable bonds is 2. The normalized spacial score (nSPS) is 20.3. The van der Waals surface area contributed by atoms with Crippen LogP contribution in [0.15, 0.2) is 0 Å². The Labute approximate surface area is 91.5 Å². The van der Waals surface area contributed by atoms with Crippen LogP contribution in [0.4, 0.5) is 0 Å². The third kappa shape index (κ3) is 4.20. The third-order valence-electron chi connectivity index (χ3n) is 2.78. The molecule has 0 aromatic carbocycles. The van der Waals surface area contributed by atoms with Gasteiger partial charge in [-0.05, 0) is 12.8 Å². The molecule has 0 unspecified atom stereocenters. The molecule has 15 heavy (non-hydrogen) atoms. The Hall–Kier alpha value is -0.580. The van der Waals surface area contributed by atoms with E-state index < -0.39 is 15.9 Å². The van der Waals surface area contributed by atoms with E-state index in [1.54, 1.807) is 0 Å². The highest BCUT2D eigenvalue weighted by Gasteiger charge is 2.26. The Morgan fingerprint density at radius 2 is 1.53 bits per heavy atom. The Morgan fingerprint density at radius 1 is 1.07 bits per heavy atom. The summed E-state index contributed by atoms with van der Waals surface area (Å²) in [7, 11) is -3.42. The molecular weight excluding hydrogens is 214 g/mol. The summed E-state index contributed by atoms with van der Waals surface area (Å²) < 4.78 is 25.5. The van der Waals surface area contributed by atoms with Crippen molar-refractivity contribution in [1.82, 2.24) is 4.72 Å². The number of nitrogens with one attached hydrogen (secondary N) is 1. The van der Waals surface area contributed by atoms with E-state index in [0.29, 0.717) is 12.8 Å². The molecule has 1 N–H and O–H groups in total. The first-order chi connectivity index (χ1) is 7.02. The molecule has 1 aliphatic carbocycles. The van der Waals surface area contributed by atoms with E-state index in [0.717, 1.165) is 25.7 Å². The van der Waals surface area contributed by atoms with Crippen LogP contribution in [0.1, 0.15) is 51.9 Å². The summed E-state index contributed by atoms with van der Waals surface area (Å²) in [4.78, 5) is 10.8. The summed E-state index contributed by atoms with van der Waals surface area (Å²) in [5.74, 6) is -0.489. The van der Waals surface area contributed by atoms with Crippen LogP contribution >= 0.6 is 0 Å². The van der Waals surface area contributed by atoms with E-state index in [2.05, 4.69) is 4.72 Å². The average Bonchev–Trinajstić information content (AvgIpc) is 1.98. The van der Waals surface area contributed by atoms with Crippen LogP contribution in [0, 0.1) is 0 Å². The molecule has 1 rings (SSSR count). The van der Waals surface area contributed by atoms with Crippen LogP contribution in [0.2, 0.25) is 0 Å². The van der Waals surface area contributed by atoms with Gasteiger partial charge in [-0.2, -0.15) is 0 Å². The van der Waals surface area contributed by atoms with E-state index >= 15 is 0 Å². The van der Waals surface area contributed by atoms with Gasteiger partial charge in [0.2, 0.25) is 15.9 Å². The lowest BCUT2D eigenvalue weighted by Crippen LogP contribution is -2.37. The fraction of sp³-hybridized carbons (Fsp3) is 0.900. The van der Waals surface area contributed by atoms with Gasteiger partial charge >= 0.3 is 0 Å². The van der Waals surface area contributed by atoms with Gasteiger partial charge in [0.05, 0.1) is 5.25 Å². The van der Waals surface area contributed by atoms with E-state index in [-0.39, 0.29) is 5.25 Å². The second-order valence-electron chi connectivity index (χ2n) is 4.17. The first-order valence-electron chi connectivity index (χ1n) is 5.54. The zero-order valence-corrected chi connectivity index (χ0v) is 9.98. The minimum absolute atomic E-state index is 0.373. The zero-order valence-electron chi connectivity index (χ0n) is 9.16. The van der Waals surface area contributed by atoms with Gasteiger partial charge in [-0.3, -0.25) is 9.52 Å². The van der Waals surface area contributed by atoms with Crippen LogP contribution in [0.25, 0.3) is 0 Å². The number of sulfonamides is 1. The molecule has 88 valence electrons. The number of hydrogen-bond acceptors (Lipinski definition) is 3. The second-order valence-corrected chi connectivity index (χ2v) is 6.13. The molecule has 1 aliphatic rings. The summed E-state index contributed by atoms with van der Waals surface area (Å²) in [5, 5.41) is -0.373. The van der Waals surface area contributed by atoms with Crippen molar-refractivity contribution in [1.29, 1.82) is 0 Å². The molecule has 0 heterocycles. The number of hydrogen-bond donors (Lipinski definition) is 1. The van der Waals surface area contributed by atoms with Gasteiger partial charge in [-0.15, -0.1) is 0 Å². The maximum absolute atomic E-state index is 11.7. The van der Waals surface area contributed by atoms with Crippen molar-refractivity contribution in [3.8, 4) is 0 Å². The second kappa shape index (κ2) is 5.49. The Kier molecular flexibility index (Phi) is 4.57. The molecule has 0 atom stereocenters. The van der Waals surface area contributed by atoms with Gasteiger partial charge in [-0.1, -0.05) is 32.1 Å². The summed E-state index contributed by atoms with van der Waals surface area (Å²) in [5.41, 5.74) is 0. The van der Waals surface area contributed by atoms with Gasteiger partial charge in [0.25, 0.3) is 0 Å². The highest BCUT2D eigenvalue weighted by atomic mass is 32.2. The van der Waals surface area contributed by atoms with Crippen molar-refractivity contribution in [2.75, 3.05) is 0 Å². The molecular formula is C10H19NO3S. The van der Waals surface area contributed by atoms with Crippen molar-refractivity contribution >= 4 is 15.9 Å². The lowest BCUT2D eigenvalue weighted by molar-refractivity contribution is -0.117. The lowest BCUT2D eigenvalue weighted by Gasteiger charge is -2.19. The van der Waals surface area contributed by atoms with E-state index in [1.807, 2.05) is 0 Å². The number of amides is 1. The molecule has 0 radical (unpaired) electrons.